The molecule has 0 radical (unpaired) electrons. The van der Waals surface area contributed by atoms with Gasteiger partial charge in [-0.15, -0.1) is 0 Å². The molecule has 1 amide bonds. The molecule has 0 saturated heterocycles. The molecule has 118 valence electrons. The Morgan fingerprint density at radius 1 is 1.39 bits per heavy atom. The number of aromatic nitrogens is 4. The third-order valence-electron chi connectivity index (χ3n) is 3.39. The molecular weight excluding hydrogens is 318 g/mol. The second-order valence-corrected chi connectivity index (χ2v) is 5.56. The second-order valence-electron chi connectivity index (χ2n) is 5.16. The summed E-state index contributed by atoms with van der Waals surface area (Å²) in [6, 6.07) is 6.73. The van der Waals surface area contributed by atoms with Crippen LogP contribution in [0.3, 0.4) is 0 Å². The van der Waals surface area contributed by atoms with Crippen molar-refractivity contribution in [1.29, 1.82) is 0 Å². The van der Waals surface area contributed by atoms with Crippen LogP contribution in [0.5, 0.6) is 0 Å². The number of nitrogens with zero attached hydrogens (tertiary/aromatic N) is 4. The Labute approximate surface area is 136 Å². The minimum atomic E-state index is -0.335. The number of fused-ring (bicyclic) bond motifs is 1. The van der Waals surface area contributed by atoms with Crippen molar-refractivity contribution in [2.75, 3.05) is 5.32 Å². The molecule has 0 aliphatic heterocycles. The van der Waals surface area contributed by atoms with Crippen molar-refractivity contribution in [3.63, 3.8) is 0 Å². The van der Waals surface area contributed by atoms with Crippen LogP contribution in [0.25, 0.3) is 10.9 Å². The molecule has 23 heavy (non-hydrogen) atoms. The van der Waals surface area contributed by atoms with Gasteiger partial charge in [-0.3, -0.25) is 18.8 Å². The Morgan fingerprint density at radius 2 is 2.17 bits per heavy atom. The maximum atomic E-state index is 12.4. The third kappa shape index (κ3) is 2.95. The molecule has 0 saturated carbocycles. The fourth-order valence-corrected chi connectivity index (χ4v) is 2.55. The van der Waals surface area contributed by atoms with Gasteiger partial charge in [0.05, 0.1) is 27.9 Å². The summed E-state index contributed by atoms with van der Waals surface area (Å²) in [5.74, 6) is 0.232. The van der Waals surface area contributed by atoms with E-state index in [2.05, 4.69) is 15.4 Å². The molecule has 1 N–H and O–H groups in total. The number of carbonyl (C=O) groups excluding carboxylic acids is 1. The van der Waals surface area contributed by atoms with E-state index in [1.165, 1.54) is 10.9 Å². The van der Waals surface area contributed by atoms with Crippen molar-refractivity contribution >= 4 is 34.2 Å². The molecule has 2 heterocycles. The van der Waals surface area contributed by atoms with Gasteiger partial charge in [-0.2, -0.15) is 5.10 Å². The van der Waals surface area contributed by atoms with E-state index in [-0.39, 0.29) is 18.0 Å². The van der Waals surface area contributed by atoms with Gasteiger partial charge in [-0.05, 0) is 19.1 Å². The zero-order chi connectivity index (χ0) is 16.6. The molecule has 0 bridgehead atoms. The summed E-state index contributed by atoms with van der Waals surface area (Å²) in [5.41, 5.74) is 0.911. The first-order valence-electron chi connectivity index (χ1n) is 6.90. The summed E-state index contributed by atoms with van der Waals surface area (Å²) in [5, 5.41) is 7.64. The Kier molecular flexibility index (Phi) is 3.87. The number of halogens is 1. The van der Waals surface area contributed by atoms with E-state index in [4.69, 9.17) is 11.6 Å². The van der Waals surface area contributed by atoms with Crippen molar-refractivity contribution in [2.24, 2.45) is 7.05 Å². The topological polar surface area (TPSA) is 81.8 Å². The quantitative estimate of drug-likeness (QED) is 0.792. The van der Waals surface area contributed by atoms with E-state index < -0.39 is 0 Å². The highest BCUT2D eigenvalue weighted by atomic mass is 35.5. The lowest BCUT2D eigenvalue weighted by Crippen LogP contribution is -2.28. The van der Waals surface area contributed by atoms with Crippen molar-refractivity contribution in [3.05, 3.63) is 51.7 Å². The molecule has 0 spiro atoms. The lowest BCUT2D eigenvalue weighted by Gasteiger charge is -2.08. The van der Waals surface area contributed by atoms with Crippen LogP contribution >= 0.6 is 11.6 Å². The highest BCUT2D eigenvalue weighted by Gasteiger charge is 2.11. The van der Waals surface area contributed by atoms with E-state index in [9.17, 15) is 9.59 Å². The van der Waals surface area contributed by atoms with Crippen LogP contribution in [0, 0.1) is 6.92 Å². The molecule has 0 fully saturated rings. The molecule has 0 aliphatic carbocycles. The van der Waals surface area contributed by atoms with Crippen LogP contribution in [-0.4, -0.2) is 25.2 Å². The molecular formula is C15H14ClN5O2. The molecule has 0 unspecified atom stereocenters. The molecule has 3 rings (SSSR count). The average Bonchev–Trinajstić information content (AvgIpc) is 2.80. The number of carbonyl (C=O) groups is 1. The van der Waals surface area contributed by atoms with E-state index in [1.54, 1.807) is 36.0 Å². The number of hydrogen-bond donors (Lipinski definition) is 1. The minimum Gasteiger partial charge on any atom is -0.309 e. The Morgan fingerprint density at radius 3 is 2.87 bits per heavy atom. The van der Waals surface area contributed by atoms with E-state index in [1.807, 2.05) is 6.92 Å². The predicted octanol–water partition coefficient (Wildman–Crippen LogP) is 1.73. The number of para-hydroxylation sites is 1. The van der Waals surface area contributed by atoms with Gasteiger partial charge in [0.1, 0.15) is 12.4 Å². The first kappa shape index (κ1) is 15.2. The zero-order valence-corrected chi connectivity index (χ0v) is 13.3. The fourth-order valence-electron chi connectivity index (χ4n) is 2.33. The molecule has 2 aromatic heterocycles. The highest BCUT2D eigenvalue weighted by molar-refractivity contribution is 6.34. The van der Waals surface area contributed by atoms with Gasteiger partial charge in [0.2, 0.25) is 5.91 Å². The summed E-state index contributed by atoms with van der Waals surface area (Å²) in [6.07, 6.45) is 1.32. The van der Waals surface area contributed by atoms with Crippen LogP contribution < -0.4 is 10.9 Å². The van der Waals surface area contributed by atoms with Crippen molar-refractivity contribution in [3.8, 4) is 0 Å². The van der Waals surface area contributed by atoms with Crippen LogP contribution in [0.2, 0.25) is 5.02 Å². The molecule has 3 aromatic rings. The minimum absolute atomic E-state index is 0.140. The maximum Gasteiger partial charge on any atom is 0.261 e. The number of rotatable bonds is 3. The van der Waals surface area contributed by atoms with Crippen LogP contribution in [0.4, 0.5) is 5.82 Å². The zero-order valence-electron chi connectivity index (χ0n) is 12.6. The SMILES string of the molecule is Cc1cc(NC(=O)Cn2cnc3c(Cl)cccc3c2=O)n(C)n1. The molecule has 0 atom stereocenters. The van der Waals surface area contributed by atoms with Gasteiger partial charge >= 0.3 is 0 Å². The predicted molar refractivity (Wildman–Crippen MR) is 87.6 cm³/mol. The number of nitrogens with one attached hydrogen (secondary N) is 1. The van der Waals surface area contributed by atoms with Gasteiger partial charge in [-0.25, -0.2) is 4.98 Å². The van der Waals surface area contributed by atoms with Crippen molar-refractivity contribution in [1.82, 2.24) is 19.3 Å². The molecule has 1 aromatic carbocycles. The number of benzene rings is 1. The van der Waals surface area contributed by atoms with Gasteiger partial charge in [0.15, 0.2) is 0 Å². The van der Waals surface area contributed by atoms with Crippen molar-refractivity contribution in [2.45, 2.75) is 13.5 Å². The highest BCUT2D eigenvalue weighted by Crippen LogP contribution is 2.17. The maximum absolute atomic E-state index is 12.4. The third-order valence-corrected chi connectivity index (χ3v) is 3.69. The number of amides is 1. The van der Waals surface area contributed by atoms with Gasteiger partial charge in [-0.1, -0.05) is 17.7 Å². The number of anilines is 1. The smallest absolute Gasteiger partial charge is 0.261 e. The Hall–Kier alpha value is -2.67. The fraction of sp³-hybridized carbons (Fsp3) is 0.200. The van der Waals surface area contributed by atoms with Crippen LogP contribution in [-0.2, 0) is 18.4 Å². The van der Waals surface area contributed by atoms with Gasteiger partial charge in [0, 0.05) is 13.1 Å². The summed E-state index contributed by atoms with van der Waals surface area (Å²) in [6.45, 7) is 1.69. The van der Waals surface area contributed by atoms with Crippen molar-refractivity contribution < 1.29 is 4.79 Å². The Balaban J connectivity index is 1.87. The molecule has 8 heteroatoms. The lowest BCUT2D eigenvalue weighted by molar-refractivity contribution is -0.116. The average molecular weight is 332 g/mol. The largest absolute Gasteiger partial charge is 0.309 e. The first-order valence-corrected chi connectivity index (χ1v) is 7.27. The summed E-state index contributed by atoms with van der Waals surface area (Å²) < 4.78 is 2.81. The lowest BCUT2D eigenvalue weighted by atomic mass is 10.2. The monoisotopic (exact) mass is 331 g/mol. The second kappa shape index (κ2) is 5.85. The Bertz CT molecular complexity index is 960. The summed E-state index contributed by atoms with van der Waals surface area (Å²) in [7, 11) is 1.73. The standard InChI is InChI=1S/C15H14ClN5O2/c1-9-6-12(20(2)19-9)18-13(22)7-21-8-17-14-10(15(21)23)4-3-5-11(14)16/h3-6,8H,7H2,1-2H3,(H,18,22). The first-order chi connectivity index (χ1) is 11.0. The molecule has 0 aliphatic rings. The van der Waals surface area contributed by atoms with Gasteiger partial charge in [0.25, 0.3) is 5.56 Å². The van der Waals surface area contributed by atoms with E-state index in [0.29, 0.717) is 21.7 Å². The van der Waals surface area contributed by atoms with Crippen LogP contribution in [0.15, 0.2) is 35.4 Å². The van der Waals surface area contributed by atoms with Crippen LogP contribution in [0.1, 0.15) is 5.69 Å². The summed E-state index contributed by atoms with van der Waals surface area (Å²) >= 11 is 6.01. The van der Waals surface area contributed by atoms with E-state index >= 15 is 0 Å². The summed E-state index contributed by atoms with van der Waals surface area (Å²) in [4.78, 5) is 28.7. The molecule has 7 nitrogen and oxygen atoms in total. The normalized spacial score (nSPS) is 10.9. The number of hydrogen-bond acceptors (Lipinski definition) is 4. The number of aryl methyl sites for hydroxylation is 2. The van der Waals surface area contributed by atoms with Gasteiger partial charge < -0.3 is 5.32 Å². The van der Waals surface area contributed by atoms with E-state index in [0.717, 1.165) is 5.69 Å².